The van der Waals surface area contributed by atoms with Crippen LogP contribution in [0.2, 0.25) is 0 Å². The molecule has 210 valence electrons. The number of rotatable bonds is 9. The van der Waals surface area contributed by atoms with E-state index >= 15 is 0 Å². The van der Waals surface area contributed by atoms with Gasteiger partial charge in [-0.2, -0.15) is 0 Å². The predicted molar refractivity (Wildman–Crippen MR) is 171 cm³/mol. The lowest BCUT2D eigenvalue weighted by Crippen LogP contribution is -2.16. The maximum absolute atomic E-state index is 13.2. The van der Waals surface area contributed by atoms with Crippen LogP contribution >= 0.6 is 7.60 Å². The molecule has 0 amide bonds. The second-order valence-electron chi connectivity index (χ2n) is 10.4. The van der Waals surface area contributed by atoms with Gasteiger partial charge in [0.2, 0.25) is 0 Å². The first-order valence-corrected chi connectivity index (χ1v) is 15.7. The highest BCUT2D eigenvalue weighted by Crippen LogP contribution is 2.43. The van der Waals surface area contributed by atoms with Crippen molar-refractivity contribution in [3.63, 3.8) is 0 Å². The molecule has 1 aromatic heterocycles. The zero-order chi connectivity index (χ0) is 29.1. The van der Waals surface area contributed by atoms with Crippen LogP contribution < -0.4 is 10.2 Å². The van der Waals surface area contributed by atoms with Crippen molar-refractivity contribution in [3.8, 4) is 28.0 Å². The lowest BCUT2D eigenvalue weighted by Gasteiger charge is -2.18. The minimum atomic E-state index is -4.12. The molecule has 42 heavy (non-hydrogen) atoms. The van der Waals surface area contributed by atoms with Gasteiger partial charge in [-0.25, -0.2) is 4.98 Å². The van der Waals surface area contributed by atoms with Crippen molar-refractivity contribution in [1.29, 1.82) is 0 Å². The van der Waals surface area contributed by atoms with E-state index in [9.17, 15) is 9.46 Å². The molecule has 6 heteroatoms. The van der Waals surface area contributed by atoms with Crippen LogP contribution in [0.15, 0.2) is 121 Å². The summed E-state index contributed by atoms with van der Waals surface area (Å²) in [6, 6.07) is 40.2. The smallest absolute Gasteiger partial charge is 0.377 e. The minimum absolute atomic E-state index is 0.0425. The van der Waals surface area contributed by atoms with Gasteiger partial charge in [-0.3, -0.25) is 4.57 Å². The summed E-state index contributed by atoms with van der Waals surface area (Å²) in [6.07, 6.45) is 0.256. The molecule has 0 saturated heterocycles. The zero-order valence-electron chi connectivity index (χ0n) is 23.6. The molecule has 0 radical (unpaired) electrons. The fourth-order valence-electron chi connectivity index (χ4n) is 5.09. The Morgan fingerprint density at radius 3 is 2.36 bits per heavy atom. The monoisotopic (exact) mass is 573 g/mol. The van der Waals surface area contributed by atoms with Crippen LogP contribution in [0.3, 0.4) is 0 Å². The summed E-state index contributed by atoms with van der Waals surface area (Å²) in [5, 5.41) is 3.04. The van der Waals surface area contributed by atoms with Crippen molar-refractivity contribution in [2.24, 2.45) is 0 Å². The first-order valence-electron chi connectivity index (χ1n) is 14.1. The third-order valence-electron chi connectivity index (χ3n) is 7.46. The third kappa shape index (κ3) is 5.86. The molecule has 0 aliphatic rings. The van der Waals surface area contributed by atoms with E-state index in [2.05, 4.69) is 42.5 Å². The standard InChI is InChI=1S/C36H32NO4P/c1-3-25(2)41-42(38,39)35-20-19-29-21-30(28-15-9-16-31(22-28)40-24-26-11-5-4-6-12-26)23-34(36(29)37-35)33-18-10-14-27-13-7-8-17-32(27)33/h4-23,25H,3,24H2,1-2H3,(H,38,39). The van der Waals surface area contributed by atoms with Crippen LogP contribution in [0.4, 0.5) is 0 Å². The van der Waals surface area contributed by atoms with Crippen LogP contribution in [-0.2, 0) is 15.7 Å². The normalized spacial score (nSPS) is 13.6. The number of pyridine rings is 1. The van der Waals surface area contributed by atoms with Crippen LogP contribution in [-0.4, -0.2) is 16.0 Å². The summed E-state index contributed by atoms with van der Waals surface area (Å²) in [5.41, 5.74) is 5.66. The van der Waals surface area contributed by atoms with Gasteiger partial charge in [-0.05, 0) is 76.7 Å². The Morgan fingerprint density at radius 1 is 0.762 bits per heavy atom. The second-order valence-corrected chi connectivity index (χ2v) is 12.1. The molecule has 2 atom stereocenters. The van der Waals surface area contributed by atoms with Crippen LogP contribution in [0, 0.1) is 0 Å². The molecule has 0 saturated carbocycles. The predicted octanol–water partition coefficient (Wildman–Crippen LogP) is 8.93. The Labute approximate surface area is 245 Å². The number of hydrogen-bond acceptors (Lipinski definition) is 4. The molecule has 6 rings (SSSR count). The zero-order valence-corrected chi connectivity index (χ0v) is 24.5. The lowest BCUT2D eigenvalue weighted by atomic mass is 9.92. The molecule has 5 aromatic carbocycles. The van der Waals surface area contributed by atoms with Gasteiger partial charge < -0.3 is 14.2 Å². The first kappa shape index (κ1) is 27.9. The largest absolute Gasteiger partial charge is 0.489 e. The average molecular weight is 574 g/mol. The third-order valence-corrected chi connectivity index (χ3v) is 8.93. The highest BCUT2D eigenvalue weighted by atomic mass is 31.2. The maximum Gasteiger partial charge on any atom is 0.377 e. The fourth-order valence-corrected chi connectivity index (χ4v) is 6.33. The summed E-state index contributed by atoms with van der Waals surface area (Å²) < 4.78 is 24.9. The Bertz CT molecular complexity index is 1920. The average Bonchev–Trinajstić information content (AvgIpc) is 3.03. The van der Waals surface area contributed by atoms with Crippen molar-refractivity contribution in [2.45, 2.75) is 33.0 Å². The van der Waals surface area contributed by atoms with E-state index in [0.717, 1.165) is 49.7 Å². The Balaban J connectivity index is 1.49. The number of hydrogen-bond donors (Lipinski definition) is 1. The number of benzene rings is 5. The number of ether oxygens (including phenoxy) is 1. The van der Waals surface area contributed by atoms with Crippen molar-refractivity contribution < 1.29 is 18.7 Å². The van der Waals surface area contributed by atoms with Gasteiger partial charge in [-0.1, -0.05) is 97.9 Å². The number of aromatic nitrogens is 1. The molecule has 1 heterocycles. The maximum atomic E-state index is 13.2. The molecule has 0 aliphatic heterocycles. The quantitative estimate of drug-likeness (QED) is 0.175. The molecule has 0 bridgehead atoms. The first-order chi connectivity index (χ1) is 20.4. The molecule has 5 nitrogen and oxygen atoms in total. The summed E-state index contributed by atoms with van der Waals surface area (Å²) >= 11 is 0. The molecular formula is C36H32NO4P. The Kier molecular flexibility index (Phi) is 7.90. The van der Waals surface area contributed by atoms with Crippen molar-refractivity contribution in [2.75, 3.05) is 0 Å². The van der Waals surface area contributed by atoms with Gasteiger partial charge in [0.05, 0.1) is 11.6 Å². The fraction of sp³-hybridized carbons (Fsp3) is 0.139. The number of nitrogens with zero attached hydrogens (tertiary/aromatic N) is 1. The molecule has 1 N–H and O–H groups in total. The Morgan fingerprint density at radius 2 is 1.52 bits per heavy atom. The van der Waals surface area contributed by atoms with Gasteiger partial charge in [0.15, 0.2) is 5.44 Å². The summed E-state index contributed by atoms with van der Waals surface area (Å²) in [7, 11) is -4.12. The van der Waals surface area contributed by atoms with Gasteiger partial charge in [0, 0.05) is 10.9 Å². The summed E-state index contributed by atoms with van der Waals surface area (Å²) in [6.45, 7) is 4.19. The van der Waals surface area contributed by atoms with E-state index in [1.807, 2.05) is 79.7 Å². The molecule has 0 spiro atoms. The molecule has 2 unspecified atom stereocenters. The lowest BCUT2D eigenvalue weighted by molar-refractivity contribution is 0.192. The minimum Gasteiger partial charge on any atom is -0.489 e. The summed E-state index contributed by atoms with van der Waals surface area (Å²) in [5.74, 6) is 0.778. The van der Waals surface area contributed by atoms with Crippen molar-refractivity contribution >= 4 is 34.7 Å². The summed E-state index contributed by atoms with van der Waals surface area (Å²) in [4.78, 5) is 15.6. The van der Waals surface area contributed by atoms with E-state index in [0.29, 0.717) is 18.5 Å². The number of fused-ring (bicyclic) bond motifs is 2. The Hall–Kier alpha value is -4.28. The molecular weight excluding hydrogens is 541 g/mol. The van der Waals surface area contributed by atoms with Crippen molar-refractivity contribution in [3.05, 3.63) is 127 Å². The van der Waals surface area contributed by atoms with E-state index in [1.165, 1.54) is 0 Å². The van der Waals surface area contributed by atoms with E-state index in [1.54, 1.807) is 13.0 Å². The van der Waals surface area contributed by atoms with Crippen molar-refractivity contribution in [1.82, 2.24) is 4.98 Å². The van der Waals surface area contributed by atoms with Crippen LogP contribution in [0.25, 0.3) is 43.9 Å². The SMILES string of the molecule is CCC(C)OP(=O)(O)c1ccc2cc(-c3cccc(OCc4ccccc4)c3)cc(-c3cccc4ccccc34)c2n1. The highest BCUT2D eigenvalue weighted by Gasteiger charge is 2.28. The van der Waals surface area contributed by atoms with Gasteiger partial charge >= 0.3 is 7.60 Å². The van der Waals surface area contributed by atoms with E-state index < -0.39 is 7.60 Å². The molecule has 0 aliphatic carbocycles. The molecule has 0 fully saturated rings. The van der Waals surface area contributed by atoms with E-state index in [4.69, 9.17) is 14.2 Å². The van der Waals surface area contributed by atoms with Crippen LogP contribution in [0.5, 0.6) is 5.75 Å². The van der Waals surface area contributed by atoms with Gasteiger partial charge in [0.25, 0.3) is 0 Å². The van der Waals surface area contributed by atoms with Crippen LogP contribution in [0.1, 0.15) is 25.8 Å². The highest BCUT2D eigenvalue weighted by molar-refractivity contribution is 7.61. The van der Waals surface area contributed by atoms with Gasteiger partial charge in [-0.15, -0.1) is 0 Å². The topological polar surface area (TPSA) is 68.7 Å². The second kappa shape index (κ2) is 11.9. The van der Waals surface area contributed by atoms with E-state index in [-0.39, 0.29) is 11.5 Å². The van der Waals surface area contributed by atoms with Gasteiger partial charge in [0.1, 0.15) is 12.4 Å². The molecule has 6 aromatic rings.